The topological polar surface area (TPSA) is 51.8 Å². The Bertz CT molecular complexity index is 566. The van der Waals surface area contributed by atoms with E-state index in [-0.39, 0.29) is 11.9 Å². The Hall–Kier alpha value is -0.980. The van der Waals surface area contributed by atoms with Crippen molar-refractivity contribution in [3.63, 3.8) is 0 Å². The van der Waals surface area contributed by atoms with Gasteiger partial charge >= 0.3 is 0 Å². The van der Waals surface area contributed by atoms with E-state index in [4.69, 9.17) is 5.73 Å². The van der Waals surface area contributed by atoms with Gasteiger partial charge in [-0.1, -0.05) is 23.1 Å². The maximum absolute atomic E-state index is 13.6. The number of hydrogen-bond acceptors (Lipinski definition) is 5. The van der Waals surface area contributed by atoms with Crippen molar-refractivity contribution in [2.45, 2.75) is 36.0 Å². The molecule has 0 spiro atoms. The Kier molecular flexibility index (Phi) is 3.99. The molecule has 0 saturated carbocycles. The summed E-state index contributed by atoms with van der Waals surface area (Å²) in [6.45, 7) is 5.50. The number of hydrogen-bond donors (Lipinski definition) is 1. The highest BCUT2D eigenvalue weighted by Crippen LogP contribution is 2.35. The zero-order valence-electron chi connectivity index (χ0n) is 10.4. The third kappa shape index (κ3) is 2.88. The fraction of sp³-hybridized carbons (Fsp3) is 0.333. The average Bonchev–Trinajstić information content (AvgIpc) is 2.68. The molecule has 0 aliphatic carbocycles. The van der Waals surface area contributed by atoms with Crippen molar-refractivity contribution in [2.75, 3.05) is 0 Å². The quantitative estimate of drug-likeness (QED) is 0.937. The van der Waals surface area contributed by atoms with E-state index in [9.17, 15) is 4.39 Å². The van der Waals surface area contributed by atoms with Crippen LogP contribution in [0.5, 0.6) is 0 Å². The van der Waals surface area contributed by atoms with Gasteiger partial charge in [-0.15, -0.1) is 10.2 Å². The number of aromatic nitrogens is 2. The van der Waals surface area contributed by atoms with Gasteiger partial charge in [0.2, 0.25) is 0 Å². The standard InChI is InChI=1S/C12H14FN3S2/c1-6-4-11(9(7(2)14)5-10(6)13)18-12-16-15-8(3)17-12/h4-5,7H,14H2,1-3H3. The highest BCUT2D eigenvalue weighted by Gasteiger charge is 2.13. The molecule has 96 valence electrons. The van der Waals surface area contributed by atoms with Crippen LogP contribution in [0, 0.1) is 19.7 Å². The molecule has 1 unspecified atom stereocenters. The molecule has 3 nitrogen and oxygen atoms in total. The zero-order chi connectivity index (χ0) is 13.3. The van der Waals surface area contributed by atoms with Gasteiger partial charge in [0.15, 0.2) is 4.34 Å². The van der Waals surface area contributed by atoms with Crippen molar-refractivity contribution in [2.24, 2.45) is 5.73 Å². The number of benzene rings is 1. The molecule has 0 radical (unpaired) electrons. The summed E-state index contributed by atoms with van der Waals surface area (Å²) in [6, 6.07) is 3.11. The second-order valence-electron chi connectivity index (χ2n) is 4.12. The molecular formula is C12H14FN3S2. The molecule has 2 N–H and O–H groups in total. The Labute approximate surface area is 114 Å². The molecule has 0 fully saturated rings. The lowest BCUT2D eigenvalue weighted by molar-refractivity contribution is 0.610. The first-order valence-corrected chi connectivity index (χ1v) is 7.14. The van der Waals surface area contributed by atoms with Gasteiger partial charge in [-0.25, -0.2) is 4.39 Å². The van der Waals surface area contributed by atoms with Gasteiger partial charge < -0.3 is 5.73 Å². The smallest absolute Gasteiger partial charge is 0.179 e. The fourth-order valence-electron chi connectivity index (χ4n) is 1.53. The van der Waals surface area contributed by atoms with Crippen molar-refractivity contribution in [1.82, 2.24) is 10.2 Å². The summed E-state index contributed by atoms with van der Waals surface area (Å²) in [5, 5.41) is 8.95. The normalized spacial score (nSPS) is 12.7. The summed E-state index contributed by atoms with van der Waals surface area (Å²) in [4.78, 5) is 0.944. The van der Waals surface area contributed by atoms with Crippen molar-refractivity contribution in [1.29, 1.82) is 0 Å². The van der Waals surface area contributed by atoms with Crippen LogP contribution in [0.2, 0.25) is 0 Å². The lowest BCUT2D eigenvalue weighted by Gasteiger charge is -2.12. The van der Waals surface area contributed by atoms with Crippen LogP contribution in [0.1, 0.15) is 29.1 Å². The second kappa shape index (κ2) is 5.34. The number of rotatable bonds is 3. The van der Waals surface area contributed by atoms with Gasteiger partial charge in [0.25, 0.3) is 0 Å². The van der Waals surface area contributed by atoms with E-state index < -0.39 is 0 Å². The summed E-state index contributed by atoms with van der Waals surface area (Å²) in [6.07, 6.45) is 0. The van der Waals surface area contributed by atoms with Crippen molar-refractivity contribution < 1.29 is 4.39 Å². The first kappa shape index (κ1) is 13.5. The van der Waals surface area contributed by atoms with Crippen molar-refractivity contribution in [3.05, 3.63) is 34.1 Å². The Morgan fingerprint density at radius 2 is 2.06 bits per heavy atom. The van der Waals surface area contributed by atoms with Crippen LogP contribution < -0.4 is 5.73 Å². The number of nitrogens with zero attached hydrogens (tertiary/aromatic N) is 2. The minimum absolute atomic E-state index is 0.211. The fourth-order valence-corrected chi connectivity index (χ4v) is 3.61. The molecule has 1 atom stereocenters. The molecular weight excluding hydrogens is 269 g/mol. The molecule has 2 rings (SSSR count). The minimum Gasteiger partial charge on any atom is -0.324 e. The first-order valence-electron chi connectivity index (χ1n) is 5.51. The van der Waals surface area contributed by atoms with Gasteiger partial charge in [-0.3, -0.25) is 0 Å². The monoisotopic (exact) mass is 283 g/mol. The highest BCUT2D eigenvalue weighted by atomic mass is 32.2. The van der Waals surface area contributed by atoms with E-state index in [0.29, 0.717) is 5.56 Å². The SMILES string of the molecule is Cc1nnc(Sc2cc(C)c(F)cc2C(C)N)s1. The molecule has 2 aromatic rings. The Morgan fingerprint density at radius 3 is 2.61 bits per heavy atom. The molecule has 0 bridgehead atoms. The molecule has 0 aliphatic heterocycles. The Balaban J connectivity index is 2.39. The zero-order valence-corrected chi connectivity index (χ0v) is 12.0. The van der Waals surface area contributed by atoms with Crippen molar-refractivity contribution >= 4 is 23.1 Å². The van der Waals surface area contributed by atoms with Crippen LogP contribution in [-0.4, -0.2) is 10.2 Å². The molecule has 1 aromatic carbocycles. The van der Waals surface area contributed by atoms with E-state index in [0.717, 1.165) is 19.8 Å². The van der Waals surface area contributed by atoms with Gasteiger partial charge in [-0.2, -0.15) is 0 Å². The first-order chi connectivity index (χ1) is 8.47. The molecule has 0 amide bonds. The predicted molar refractivity (Wildman–Crippen MR) is 72.5 cm³/mol. The van der Waals surface area contributed by atoms with E-state index in [1.807, 2.05) is 19.9 Å². The minimum atomic E-state index is -0.222. The van der Waals surface area contributed by atoms with E-state index in [1.54, 1.807) is 6.92 Å². The highest BCUT2D eigenvalue weighted by molar-refractivity contribution is 8.01. The maximum Gasteiger partial charge on any atom is 0.179 e. The summed E-state index contributed by atoms with van der Waals surface area (Å²) in [7, 11) is 0. The molecule has 0 aliphatic rings. The largest absolute Gasteiger partial charge is 0.324 e. The maximum atomic E-state index is 13.6. The van der Waals surface area contributed by atoms with Crippen molar-refractivity contribution in [3.8, 4) is 0 Å². The third-order valence-electron chi connectivity index (χ3n) is 2.49. The number of halogens is 1. The van der Waals surface area contributed by atoms with Crippen LogP contribution in [0.4, 0.5) is 4.39 Å². The average molecular weight is 283 g/mol. The van der Waals surface area contributed by atoms with Crippen LogP contribution >= 0.6 is 23.1 Å². The molecule has 18 heavy (non-hydrogen) atoms. The van der Waals surface area contributed by atoms with Gasteiger partial charge in [0, 0.05) is 10.9 Å². The second-order valence-corrected chi connectivity index (χ2v) is 6.59. The molecule has 1 heterocycles. The van der Waals surface area contributed by atoms with Crippen LogP contribution in [0.25, 0.3) is 0 Å². The van der Waals surface area contributed by atoms with E-state index >= 15 is 0 Å². The molecule has 1 aromatic heterocycles. The number of aryl methyl sites for hydroxylation is 2. The van der Waals surface area contributed by atoms with Crippen LogP contribution in [-0.2, 0) is 0 Å². The summed E-state index contributed by atoms with van der Waals surface area (Å²) >= 11 is 3.00. The summed E-state index contributed by atoms with van der Waals surface area (Å²) in [5.41, 5.74) is 7.30. The van der Waals surface area contributed by atoms with Gasteiger partial charge in [-0.05, 0) is 44.0 Å². The van der Waals surface area contributed by atoms with Crippen LogP contribution in [0.15, 0.2) is 21.4 Å². The molecule has 0 saturated heterocycles. The number of nitrogens with two attached hydrogens (primary N) is 1. The predicted octanol–water partition coefficient (Wildman–Crippen LogP) is 3.46. The third-order valence-corrected chi connectivity index (χ3v) is 4.45. The van der Waals surface area contributed by atoms with Gasteiger partial charge in [0.05, 0.1) is 0 Å². The van der Waals surface area contributed by atoms with Crippen LogP contribution in [0.3, 0.4) is 0 Å². The van der Waals surface area contributed by atoms with Gasteiger partial charge in [0.1, 0.15) is 10.8 Å². The van der Waals surface area contributed by atoms with E-state index in [2.05, 4.69) is 10.2 Å². The summed E-state index contributed by atoms with van der Waals surface area (Å²) < 4.78 is 14.4. The van der Waals surface area contributed by atoms with E-state index in [1.165, 1.54) is 29.2 Å². The Morgan fingerprint density at radius 1 is 1.33 bits per heavy atom. The summed E-state index contributed by atoms with van der Waals surface area (Å²) in [5.74, 6) is -0.222. The lowest BCUT2D eigenvalue weighted by atomic mass is 10.1. The lowest BCUT2D eigenvalue weighted by Crippen LogP contribution is -2.07. The molecule has 6 heteroatoms.